The van der Waals surface area contributed by atoms with E-state index in [1.807, 2.05) is 4.90 Å². The summed E-state index contributed by atoms with van der Waals surface area (Å²) in [4.78, 5) is 26.7. The van der Waals surface area contributed by atoms with Crippen LogP contribution in [0.4, 0.5) is 5.82 Å². The van der Waals surface area contributed by atoms with Gasteiger partial charge in [-0.3, -0.25) is 4.79 Å². The molecule has 5 rings (SSSR count). The number of rotatable bonds is 5. The Morgan fingerprint density at radius 3 is 2.81 bits per heavy atom. The largest absolute Gasteiger partial charge is 0.378 e. The Morgan fingerprint density at radius 2 is 2.00 bits per heavy atom. The van der Waals surface area contributed by atoms with Gasteiger partial charge in [0.15, 0.2) is 0 Å². The number of morpholine rings is 1. The van der Waals surface area contributed by atoms with Crippen molar-refractivity contribution in [3.05, 3.63) is 16.3 Å². The molecule has 0 bridgehead atoms. The lowest BCUT2D eigenvalue weighted by molar-refractivity contribution is -0.134. The first-order valence-electron chi connectivity index (χ1n) is 10.2. The maximum atomic E-state index is 12.7. The SMILES string of the molecule is O=C(Cc1nc(NCC2CC2)c2c3c(sc2n1)CCCC3)N1CCOCC1. The van der Waals surface area contributed by atoms with E-state index in [1.165, 1.54) is 41.5 Å². The fourth-order valence-corrected chi connectivity index (χ4v) is 5.31. The zero-order valence-electron chi connectivity index (χ0n) is 15.6. The molecule has 2 fully saturated rings. The summed E-state index contributed by atoms with van der Waals surface area (Å²) in [5.74, 6) is 2.49. The molecule has 0 atom stereocenters. The predicted molar refractivity (Wildman–Crippen MR) is 106 cm³/mol. The number of aryl methyl sites for hydroxylation is 2. The molecular formula is C20H26N4O2S. The molecule has 3 aliphatic rings. The van der Waals surface area contributed by atoms with Gasteiger partial charge in [0.05, 0.1) is 25.0 Å². The number of amides is 1. The van der Waals surface area contributed by atoms with Gasteiger partial charge >= 0.3 is 0 Å². The van der Waals surface area contributed by atoms with Crippen LogP contribution in [0.25, 0.3) is 10.2 Å². The minimum absolute atomic E-state index is 0.104. The Bertz CT molecular complexity index is 855. The molecule has 27 heavy (non-hydrogen) atoms. The van der Waals surface area contributed by atoms with E-state index in [4.69, 9.17) is 14.7 Å². The van der Waals surface area contributed by atoms with Crippen molar-refractivity contribution >= 4 is 33.3 Å². The van der Waals surface area contributed by atoms with Crippen molar-refractivity contribution in [2.24, 2.45) is 5.92 Å². The van der Waals surface area contributed by atoms with Gasteiger partial charge < -0.3 is 15.0 Å². The van der Waals surface area contributed by atoms with Gasteiger partial charge in [0.25, 0.3) is 0 Å². The first-order valence-corrected chi connectivity index (χ1v) is 11.0. The molecule has 2 aromatic heterocycles. The highest BCUT2D eigenvalue weighted by Gasteiger charge is 2.25. The zero-order chi connectivity index (χ0) is 18.2. The van der Waals surface area contributed by atoms with Crippen LogP contribution in [0.1, 0.15) is 41.9 Å². The summed E-state index contributed by atoms with van der Waals surface area (Å²) in [6.45, 7) is 3.56. The number of hydrogen-bond acceptors (Lipinski definition) is 6. The van der Waals surface area contributed by atoms with Gasteiger partial charge in [-0.2, -0.15) is 0 Å². The number of thiophene rings is 1. The normalized spacial score (nSPS) is 19.9. The number of carbonyl (C=O) groups excluding carboxylic acids is 1. The van der Waals surface area contributed by atoms with E-state index in [2.05, 4.69) is 5.32 Å². The monoisotopic (exact) mass is 386 g/mol. The van der Waals surface area contributed by atoms with E-state index >= 15 is 0 Å². The maximum absolute atomic E-state index is 12.7. The number of nitrogens with zero attached hydrogens (tertiary/aromatic N) is 3. The van der Waals surface area contributed by atoms with Gasteiger partial charge in [-0.25, -0.2) is 9.97 Å². The van der Waals surface area contributed by atoms with Gasteiger partial charge in [-0.15, -0.1) is 11.3 Å². The van der Waals surface area contributed by atoms with Crippen LogP contribution in [0.15, 0.2) is 0 Å². The Balaban J connectivity index is 1.45. The smallest absolute Gasteiger partial charge is 0.230 e. The highest BCUT2D eigenvalue weighted by molar-refractivity contribution is 7.19. The second-order valence-electron chi connectivity index (χ2n) is 7.87. The van der Waals surface area contributed by atoms with E-state index < -0.39 is 0 Å². The summed E-state index contributed by atoms with van der Waals surface area (Å²) >= 11 is 1.80. The van der Waals surface area contributed by atoms with Gasteiger partial charge in [0.1, 0.15) is 16.5 Å². The Kier molecular flexibility index (Phi) is 4.73. The Labute approximate surface area is 163 Å². The molecule has 0 radical (unpaired) electrons. The summed E-state index contributed by atoms with van der Waals surface area (Å²) in [6.07, 6.45) is 7.69. The summed E-state index contributed by atoms with van der Waals surface area (Å²) in [5, 5.41) is 4.81. The van der Waals surface area contributed by atoms with Crippen LogP contribution >= 0.6 is 11.3 Å². The molecule has 1 aliphatic heterocycles. The highest BCUT2D eigenvalue weighted by atomic mass is 32.1. The molecule has 0 aromatic carbocycles. The number of anilines is 1. The third-order valence-electron chi connectivity index (χ3n) is 5.79. The topological polar surface area (TPSA) is 67.4 Å². The molecule has 7 heteroatoms. The Hall–Kier alpha value is -1.73. The van der Waals surface area contributed by atoms with E-state index in [9.17, 15) is 4.79 Å². The van der Waals surface area contributed by atoms with Crippen LogP contribution in [0.3, 0.4) is 0 Å². The number of fused-ring (bicyclic) bond motifs is 3. The van der Waals surface area contributed by atoms with E-state index in [0.29, 0.717) is 32.1 Å². The van der Waals surface area contributed by atoms with Crippen LogP contribution in [-0.2, 0) is 28.8 Å². The average molecular weight is 387 g/mol. The van der Waals surface area contributed by atoms with Crippen molar-refractivity contribution in [2.45, 2.75) is 44.9 Å². The summed E-state index contributed by atoms with van der Waals surface area (Å²) in [5.41, 5.74) is 1.45. The number of ether oxygens (including phenoxy) is 1. The van der Waals surface area contributed by atoms with Crippen LogP contribution in [0.5, 0.6) is 0 Å². The molecular weight excluding hydrogens is 360 g/mol. The lowest BCUT2D eigenvalue weighted by atomic mass is 9.97. The van der Waals surface area contributed by atoms with Crippen molar-refractivity contribution in [3.8, 4) is 0 Å². The van der Waals surface area contributed by atoms with Crippen molar-refractivity contribution in [2.75, 3.05) is 38.2 Å². The molecule has 1 saturated heterocycles. The molecule has 6 nitrogen and oxygen atoms in total. The Morgan fingerprint density at radius 1 is 1.19 bits per heavy atom. The molecule has 144 valence electrons. The average Bonchev–Trinajstić information content (AvgIpc) is 3.45. The molecule has 1 amide bonds. The van der Waals surface area contributed by atoms with Gasteiger partial charge in [0.2, 0.25) is 5.91 Å². The second kappa shape index (κ2) is 7.36. The summed E-state index contributed by atoms with van der Waals surface area (Å²) in [7, 11) is 0. The van der Waals surface area contributed by atoms with Crippen LogP contribution < -0.4 is 5.32 Å². The standard InChI is InChI=1S/C20H26N4O2S/c25-17(24-7-9-26-10-8-24)11-16-22-19(21-12-13-5-6-13)18-14-3-1-2-4-15(14)27-20(18)23-16/h13H,1-12H2,(H,21,22,23). The molecule has 0 spiro atoms. The maximum Gasteiger partial charge on any atom is 0.230 e. The number of hydrogen-bond donors (Lipinski definition) is 1. The van der Waals surface area contributed by atoms with Crippen LogP contribution in [0.2, 0.25) is 0 Å². The predicted octanol–water partition coefficient (Wildman–Crippen LogP) is 2.79. The lowest BCUT2D eigenvalue weighted by Crippen LogP contribution is -2.41. The molecule has 1 saturated carbocycles. The fraction of sp³-hybridized carbons (Fsp3) is 0.650. The lowest BCUT2D eigenvalue weighted by Gasteiger charge is -2.26. The highest BCUT2D eigenvalue weighted by Crippen LogP contribution is 2.39. The van der Waals surface area contributed by atoms with Crippen molar-refractivity contribution < 1.29 is 9.53 Å². The first kappa shape index (κ1) is 17.4. The minimum Gasteiger partial charge on any atom is -0.378 e. The number of carbonyl (C=O) groups is 1. The number of aromatic nitrogens is 2. The summed E-state index contributed by atoms with van der Waals surface area (Å²) in [6, 6.07) is 0. The fourth-order valence-electron chi connectivity index (χ4n) is 4.03. The van der Waals surface area contributed by atoms with Gasteiger partial charge in [-0.1, -0.05) is 0 Å². The van der Waals surface area contributed by atoms with E-state index in [-0.39, 0.29) is 12.3 Å². The third-order valence-corrected chi connectivity index (χ3v) is 6.97. The van der Waals surface area contributed by atoms with Crippen molar-refractivity contribution in [1.29, 1.82) is 0 Å². The zero-order valence-corrected chi connectivity index (χ0v) is 16.4. The quantitative estimate of drug-likeness (QED) is 0.856. The molecule has 1 N–H and O–H groups in total. The summed E-state index contributed by atoms with van der Waals surface area (Å²) < 4.78 is 5.35. The van der Waals surface area contributed by atoms with E-state index in [0.717, 1.165) is 36.0 Å². The molecule has 2 aliphatic carbocycles. The molecule has 2 aromatic rings. The van der Waals surface area contributed by atoms with Crippen LogP contribution in [-0.4, -0.2) is 53.6 Å². The minimum atomic E-state index is 0.104. The second-order valence-corrected chi connectivity index (χ2v) is 8.96. The van der Waals surface area contributed by atoms with Crippen LogP contribution in [0, 0.1) is 5.92 Å². The number of nitrogens with one attached hydrogen (secondary N) is 1. The van der Waals surface area contributed by atoms with Crippen molar-refractivity contribution in [3.63, 3.8) is 0 Å². The third kappa shape index (κ3) is 3.67. The molecule has 0 unspecified atom stereocenters. The van der Waals surface area contributed by atoms with Gasteiger partial charge in [-0.05, 0) is 50.0 Å². The first-order chi connectivity index (χ1) is 13.3. The van der Waals surface area contributed by atoms with Crippen molar-refractivity contribution in [1.82, 2.24) is 14.9 Å². The molecule has 3 heterocycles. The van der Waals surface area contributed by atoms with E-state index in [1.54, 1.807) is 11.3 Å². The van der Waals surface area contributed by atoms with Gasteiger partial charge in [0, 0.05) is 24.5 Å².